The molecule has 0 N–H and O–H groups in total. The van der Waals surface area contributed by atoms with Crippen molar-refractivity contribution in [3.05, 3.63) is 34.1 Å². The number of rotatable bonds is 3. The summed E-state index contributed by atoms with van der Waals surface area (Å²) < 4.78 is 11.1. The maximum Gasteiger partial charge on any atom is 0.227 e. The van der Waals surface area contributed by atoms with E-state index in [-0.39, 0.29) is 18.1 Å². The topological polar surface area (TPSA) is 68.5 Å². The quantitative estimate of drug-likeness (QED) is 0.862. The van der Waals surface area contributed by atoms with E-state index >= 15 is 0 Å². The van der Waals surface area contributed by atoms with Gasteiger partial charge in [0.2, 0.25) is 17.6 Å². The molecule has 0 bridgehead atoms. The van der Waals surface area contributed by atoms with E-state index in [1.54, 1.807) is 18.3 Å². The number of aromatic nitrogens is 2. The lowest BCUT2D eigenvalue weighted by molar-refractivity contribution is -0.134. The van der Waals surface area contributed by atoms with Crippen LogP contribution in [0.25, 0.3) is 0 Å². The normalized spacial score (nSPS) is 27.2. The molecule has 1 amide bonds. The zero-order chi connectivity index (χ0) is 15.8. The fourth-order valence-electron chi connectivity index (χ4n) is 3.44. The smallest absolute Gasteiger partial charge is 0.227 e. The number of amides is 1. The van der Waals surface area contributed by atoms with Gasteiger partial charge in [0.1, 0.15) is 6.10 Å². The molecule has 23 heavy (non-hydrogen) atoms. The molecule has 122 valence electrons. The van der Waals surface area contributed by atoms with Gasteiger partial charge in [-0.3, -0.25) is 4.79 Å². The van der Waals surface area contributed by atoms with E-state index in [0.717, 1.165) is 24.3 Å². The summed E-state index contributed by atoms with van der Waals surface area (Å²) in [6, 6.07) is 3.99. The standard InChI is InChI=1S/C16H19N3O3S/c1-10-17-16(18-22-10)13-7-11-4-5-19(9-14(11)21-13)15(20)8-12-3-2-6-23-12/h2-3,6,11,13-14H,4-5,7-9H2,1H3/t11-,13+,14+/m0/s1. The maximum atomic E-state index is 12.4. The van der Waals surface area contributed by atoms with Crippen LogP contribution in [-0.4, -0.2) is 40.1 Å². The van der Waals surface area contributed by atoms with Crippen LogP contribution in [0, 0.1) is 12.8 Å². The highest BCUT2D eigenvalue weighted by Crippen LogP contribution is 2.40. The lowest BCUT2D eigenvalue weighted by Gasteiger charge is -2.34. The molecule has 0 spiro atoms. The van der Waals surface area contributed by atoms with Crippen molar-refractivity contribution in [2.45, 2.75) is 38.4 Å². The highest BCUT2D eigenvalue weighted by atomic mass is 32.1. The summed E-state index contributed by atoms with van der Waals surface area (Å²) >= 11 is 1.63. The van der Waals surface area contributed by atoms with Gasteiger partial charge in [-0.1, -0.05) is 11.2 Å². The number of likely N-dealkylation sites (tertiary alicyclic amines) is 1. The van der Waals surface area contributed by atoms with Crippen LogP contribution in [0.2, 0.25) is 0 Å². The number of fused-ring (bicyclic) bond motifs is 1. The Morgan fingerprint density at radius 2 is 2.43 bits per heavy atom. The Kier molecular flexibility index (Phi) is 3.90. The molecular formula is C16H19N3O3S. The summed E-state index contributed by atoms with van der Waals surface area (Å²) in [4.78, 5) is 19.8. The second kappa shape index (κ2) is 6.05. The van der Waals surface area contributed by atoms with E-state index in [0.29, 0.717) is 30.6 Å². The molecule has 2 fully saturated rings. The van der Waals surface area contributed by atoms with Crippen LogP contribution in [-0.2, 0) is 16.0 Å². The number of ether oxygens (including phenoxy) is 1. The Morgan fingerprint density at radius 1 is 1.52 bits per heavy atom. The average molecular weight is 333 g/mol. The first-order chi connectivity index (χ1) is 11.2. The molecular weight excluding hydrogens is 314 g/mol. The summed E-state index contributed by atoms with van der Waals surface area (Å²) in [5.74, 6) is 1.86. The van der Waals surface area contributed by atoms with E-state index in [1.165, 1.54) is 0 Å². The molecule has 2 aliphatic rings. The number of nitrogens with zero attached hydrogens (tertiary/aromatic N) is 3. The zero-order valence-electron chi connectivity index (χ0n) is 13.0. The number of piperidine rings is 1. The van der Waals surface area contributed by atoms with Gasteiger partial charge in [0.15, 0.2) is 0 Å². The SMILES string of the molecule is Cc1nc([C@H]2C[C@@H]3CCN(C(=O)Cc4cccs4)C[C@H]3O2)no1. The Bertz CT molecular complexity index is 685. The van der Waals surface area contributed by atoms with Crippen molar-refractivity contribution in [3.8, 4) is 0 Å². The van der Waals surface area contributed by atoms with Gasteiger partial charge in [0.05, 0.1) is 12.5 Å². The predicted octanol–water partition coefficient (Wildman–Crippen LogP) is 2.36. The Labute approximate surface area is 138 Å². The molecule has 6 nitrogen and oxygen atoms in total. The third-order valence-electron chi connectivity index (χ3n) is 4.64. The third kappa shape index (κ3) is 3.03. The first kappa shape index (κ1) is 14.8. The second-order valence-electron chi connectivity index (χ2n) is 6.22. The van der Waals surface area contributed by atoms with Crippen LogP contribution in [0.4, 0.5) is 0 Å². The number of carbonyl (C=O) groups is 1. The summed E-state index contributed by atoms with van der Waals surface area (Å²) in [5.41, 5.74) is 0. The van der Waals surface area contributed by atoms with Gasteiger partial charge in [-0.2, -0.15) is 4.98 Å². The van der Waals surface area contributed by atoms with Gasteiger partial charge in [-0.25, -0.2) is 0 Å². The molecule has 4 rings (SSSR count). The summed E-state index contributed by atoms with van der Waals surface area (Å²) in [6.07, 6.45) is 2.36. The first-order valence-electron chi connectivity index (χ1n) is 7.95. The fraction of sp³-hybridized carbons (Fsp3) is 0.562. The van der Waals surface area contributed by atoms with E-state index in [9.17, 15) is 4.79 Å². The van der Waals surface area contributed by atoms with Crippen molar-refractivity contribution >= 4 is 17.2 Å². The molecule has 2 aromatic rings. The van der Waals surface area contributed by atoms with Crippen molar-refractivity contribution in [1.29, 1.82) is 0 Å². The van der Waals surface area contributed by atoms with Crippen LogP contribution in [0.1, 0.15) is 35.5 Å². The Morgan fingerprint density at radius 3 is 3.17 bits per heavy atom. The molecule has 2 aliphatic heterocycles. The molecule has 4 heterocycles. The largest absolute Gasteiger partial charge is 0.365 e. The number of hydrogen-bond donors (Lipinski definition) is 0. The second-order valence-corrected chi connectivity index (χ2v) is 7.25. The van der Waals surface area contributed by atoms with Gasteiger partial charge >= 0.3 is 0 Å². The monoisotopic (exact) mass is 333 g/mol. The van der Waals surface area contributed by atoms with Crippen molar-refractivity contribution in [3.63, 3.8) is 0 Å². The number of thiophene rings is 1. The molecule has 7 heteroatoms. The van der Waals surface area contributed by atoms with Crippen LogP contribution < -0.4 is 0 Å². The van der Waals surface area contributed by atoms with E-state index < -0.39 is 0 Å². The minimum absolute atomic E-state index is 0.0832. The minimum atomic E-state index is -0.102. The van der Waals surface area contributed by atoms with Gasteiger partial charge in [0.25, 0.3) is 0 Å². The van der Waals surface area contributed by atoms with Crippen molar-refractivity contribution in [1.82, 2.24) is 15.0 Å². The Hall–Kier alpha value is -1.73. The molecule has 0 aliphatic carbocycles. The van der Waals surface area contributed by atoms with Crippen LogP contribution in [0.5, 0.6) is 0 Å². The van der Waals surface area contributed by atoms with Crippen LogP contribution >= 0.6 is 11.3 Å². The van der Waals surface area contributed by atoms with Gasteiger partial charge < -0.3 is 14.2 Å². The van der Waals surface area contributed by atoms with Gasteiger partial charge in [0, 0.05) is 24.9 Å². The lowest BCUT2D eigenvalue weighted by atomic mass is 9.91. The Balaban J connectivity index is 1.38. The molecule has 3 atom stereocenters. The first-order valence-corrected chi connectivity index (χ1v) is 8.83. The number of hydrogen-bond acceptors (Lipinski definition) is 6. The molecule has 2 aromatic heterocycles. The van der Waals surface area contributed by atoms with Gasteiger partial charge in [-0.05, 0) is 30.2 Å². The molecule has 0 unspecified atom stereocenters. The summed E-state index contributed by atoms with van der Waals surface area (Å²) in [7, 11) is 0. The summed E-state index contributed by atoms with van der Waals surface area (Å²) in [6.45, 7) is 3.26. The van der Waals surface area contributed by atoms with E-state index in [4.69, 9.17) is 9.26 Å². The van der Waals surface area contributed by atoms with Crippen LogP contribution in [0.3, 0.4) is 0 Å². The summed E-state index contributed by atoms with van der Waals surface area (Å²) in [5, 5.41) is 5.98. The van der Waals surface area contributed by atoms with Crippen molar-refractivity contribution < 1.29 is 14.1 Å². The van der Waals surface area contributed by atoms with E-state index in [1.807, 2.05) is 22.4 Å². The van der Waals surface area contributed by atoms with Gasteiger partial charge in [-0.15, -0.1) is 11.3 Å². The molecule has 0 saturated carbocycles. The molecule has 2 saturated heterocycles. The fourth-order valence-corrected chi connectivity index (χ4v) is 4.14. The number of aryl methyl sites for hydroxylation is 1. The highest BCUT2D eigenvalue weighted by molar-refractivity contribution is 7.10. The molecule has 0 aromatic carbocycles. The zero-order valence-corrected chi connectivity index (χ0v) is 13.8. The van der Waals surface area contributed by atoms with E-state index in [2.05, 4.69) is 10.1 Å². The highest BCUT2D eigenvalue weighted by Gasteiger charge is 2.42. The lowest BCUT2D eigenvalue weighted by Crippen LogP contribution is -2.45. The third-order valence-corrected chi connectivity index (χ3v) is 5.52. The predicted molar refractivity (Wildman–Crippen MR) is 84.0 cm³/mol. The van der Waals surface area contributed by atoms with Crippen molar-refractivity contribution in [2.75, 3.05) is 13.1 Å². The maximum absolute atomic E-state index is 12.4. The van der Waals surface area contributed by atoms with Crippen LogP contribution in [0.15, 0.2) is 22.0 Å². The van der Waals surface area contributed by atoms with Crippen molar-refractivity contribution in [2.24, 2.45) is 5.92 Å². The minimum Gasteiger partial charge on any atom is -0.365 e. The molecule has 0 radical (unpaired) electrons. The number of carbonyl (C=O) groups excluding carboxylic acids is 1. The average Bonchev–Trinajstić information content (AvgIpc) is 3.25.